The van der Waals surface area contributed by atoms with Crippen molar-refractivity contribution in [2.75, 3.05) is 6.61 Å². The molecule has 88 valence electrons. The van der Waals surface area contributed by atoms with Gasteiger partial charge in [0.15, 0.2) is 11.6 Å². The second kappa shape index (κ2) is 5.53. The van der Waals surface area contributed by atoms with E-state index in [2.05, 4.69) is 4.74 Å². The van der Waals surface area contributed by atoms with Gasteiger partial charge < -0.3 is 4.74 Å². The molecule has 0 fully saturated rings. The molecule has 0 saturated heterocycles. The predicted molar refractivity (Wildman–Crippen MR) is 51.3 cm³/mol. The van der Waals surface area contributed by atoms with Crippen LogP contribution in [0.15, 0.2) is 12.1 Å². The molecule has 0 bridgehead atoms. The summed E-state index contributed by atoms with van der Waals surface area (Å²) in [5, 5.41) is 0. The standard InChI is InChI=1S/C11H11F3O2/c1-2-16-10(15)6-3-7-8(12)4-5-9(13)11(7)14/h4-5H,2-3,6H2,1H3. The van der Waals surface area contributed by atoms with E-state index in [0.29, 0.717) is 6.07 Å². The molecular weight excluding hydrogens is 221 g/mol. The SMILES string of the molecule is CCOC(=O)CCc1c(F)ccc(F)c1F. The van der Waals surface area contributed by atoms with Gasteiger partial charge in [-0.15, -0.1) is 0 Å². The molecule has 5 heteroatoms. The van der Waals surface area contributed by atoms with Gasteiger partial charge in [-0.3, -0.25) is 4.79 Å². The Kier molecular flexibility index (Phi) is 4.34. The number of hydrogen-bond acceptors (Lipinski definition) is 2. The van der Waals surface area contributed by atoms with Crippen molar-refractivity contribution >= 4 is 5.97 Å². The Bertz CT molecular complexity index is 391. The van der Waals surface area contributed by atoms with E-state index < -0.39 is 29.0 Å². The Morgan fingerprint density at radius 1 is 1.25 bits per heavy atom. The van der Waals surface area contributed by atoms with Crippen molar-refractivity contribution in [3.05, 3.63) is 35.1 Å². The van der Waals surface area contributed by atoms with E-state index in [9.17, 15) is 18.0 Å². The van der Waals surface area contributed by atoms with Crippen LogP contribution in [0.3, 0.4) is 0 Å². The highest BCUT2D eigenvalue weighted by Gasteiger charge is 2.15. The first-order valence-corrected chi connectivity index (χ1v) is 4.84. The lowest BCUT2D eigenvalue weighted by Crippen LogP contribution is -2.07. The summed E-state index contributed by atoms with van der Waals surface area (Å²) in [4.78, 5) is 11.0. The normalized spacial score (nSPS) is 10.2. The summed E-state index contributed by atoms with van der Waals surface area (Å²) in [6.07, 6.45) is -0.389. The number of halogens is 3. The zero-order chi connectivity index (χ0) is 12.1. The minimum absolute atomic E-state index is 0.175. The van der Waals surface area contributed by atoms with Crippen LogP contribution >= 0.6 is 0 Å². The van der Waals surface area contributed by atoms with Gasteiger partial charge in [0.05, 0.1) is 6.61 Å². The van der Waals surface area contributed by atoms with Crippen LogP contribution in [0, 0.1) is 17.5 Å². The third kappa shape index (κ3) is 2.98. The number of hydrogen-bond donors (Lipinski definition) is 0. The van der Waals surface area contributed by atoms with Crippen molar-refractivity contribution < 1.29 is 22.7 Å². The molecule has 1 rings (SSSR count). The molecule has 0 atom stereocenters. The monoisotopic (exact) mass is 232 g/mol. The molecule has 0 saturated carbocycles. The molecule has 0 aliphatic carbocycles. The first-order chi connectivity index (χ1) is 7.56. The molecule has 16 heavy (non-hydrogen) atoms. The van der Waals surface area contributed by atoms with Crippen molar-refractivity contribution in [3.63, 3.8) is 0 Å². The molecule has 0 aliphatic heterocycles. The van der Waals surface area contributed by atoms with Gasteiger partial charge in [-0.25, -0.2) is 13.2 Å². The summed E-state index contributed by atoms with van der Waals surface area (Å²) < 4.78 is 43.6. The van der Waals surface area contributed by atoms with Gasteiger partial charge in [-0.05, 0) is 25.5 Å². The third-order valence-electron chi connectivity index (χ3n) is 2.02. The van der Waals surface area contributed by atoms with Gasteiger partial charge in [-0.2, -0.15) is 0 Å². The lowest BCUT2D eigenvalue weighted by Gasteiger charge is -2.05. The van der Waals surface area contributed by atoms with Crippen LogP contribution in [0.5, 0.6) is 0 Å². The largest absolute Gasteiger partial charge is 0.466 e. The predicted octanol–water partition coefficient (Wildman–Crippen LogP) is 2.60. The summed E-state index contributed by atoms with van der Waals surface area (Å²) in [6.45, 7) is 1.83. The molecule has 0 amide bonds. The summed E-state index contributed by atoms with van der Waals surface area (Å²) >= 11 is 0. The number of rotatable bonds is 4. The van der Waals surface area contributed by atoms with Crippen LogP contribution in [-0.4, -0.2) is 12.6 Å². The van der Waals surface area contributed by atoms with Crippen LogP contribution in [0.4, 0.5) is 13.2 Å². The summed E-state index contributed by atoms with van der Waals surface area (Å²) in [6, 6.07) is 1.54. The van der Waals surface area contributed by atoms with E-state index in [1.54, 1.807) is 6.92 Å². The Balaban J connectivity index is 2.74. The van der Waals surface area contributed by atoms with Gasteiger partial charge in [0, 0.05) is 12.0 Å². The zero-order valence-electron chi connectivity index (χ0n) is 8.73. The second-order valence-corrected chi connectivity index (χ2v) is 3.13. The summed E-state index contributed by atoms with van der Waals surface area (Å²) in [5.74, 6) is -3.79. The maximum atomic E-state index is 13.1. The molecule has 1 aromatic rings. The minimum Gasteiger partial charge on any atom is -0.466 e. The van der Waals surface area contributed by atoms with Crippen LogP contribution in [-0.2, 0) is 16.0 Å². The molecule has 1 aromatic carbocycles. The van der Waals surface area contributed by atoms with Gasteiger partial charge >= 0.3 is 5.97 Å². The van der Waals surface area contributed by atoms with Crippen molar-refractivity contribution in [3.8, 4) is 0 Å². The van der Waals surface area contributed by atoms with Gasteiger partial charge in [0.2, 0.25) is 0 Å². The molecule has 0 unspecified atom stereocenters. The van der Waals surface area contributed by atoms with Crippen molar-refractivity contribution in [2.45, 2.75) is 19.8 Å². The zero-order valence-corrected chi connectivity index (χ0v) is 8.73. The van der Waals surface area contributed by atoms with Crippen molar-refractivity contribution in [1.29, 1.82) is 0 Å². The molecule has 2 nitrogen and oxygen atoms in total. The van der Waals surface area contributed by atoms with Crippen LogP contribution in [0.25, 0.3) is 0 Å². The fourth-order valence-corrected chi connectivity index (χ4v) is 1.26. The van der Waals surface area contributed by atoms with E-state index in [4.69, 9.17) is 0 Å². The minimum atomic E-state index is -1.25. The summed E-state index contributed by atoms with van der Waals surface area (Å²) in [7, 11) is 0. The maximum Gasteiger partial charge on any atom is 0.306 e. The lowest BCUT2D eigenvalue weighted by molar-refractivity contribution is -0.143. The van der Waals surface area contributed by atoms with E-state index in [-0.39, 0.29) is 19.4 Å². The Labute approximate surface area is 91.0 Å². The Morgan fingerprint density at radius 3 is 2.50 bits per heavy atom. The molecule has 0 aliphatic rings. The van der Waals surface area contributed by atoms with E-state index in [0.717, 1.165) is 6.07 Å². The summed E-state index contributed by atoms with van der Waals surface area (Å²) in [5.41, 5.74) is -0.423. The average molecular weight is 232 g/mol. The quantitative estimate of drug-likeness (QED) is 0.589. The Hall–Kier alpha value is -1.52. The van der Waals surface area contributed by atoms with Crippen LogP contribution in [0.1, 0.15) is 18.9 Å². The first-order valence-electron chi connectivity index (χ1n) is 4.84. The van der Waals surface area contributed by atoms with E-state index in [1.165, 1.54) is 0 Å². The van der Waals surface area contributed by atoms with Gasteiger partial charge in [0.1, 0.15) is 5.82 Å². The molecular formula is C11H11F3O2. The third-order valence-corrected chi connectivity index (χ3v) is 2.02. The molecule has 0 radical (unpaired) electrons. The van der Waals surface area contributed by atoms with E-state index in [1.807, 2.05) is 0 Å². The number of esters is 1. The van der Waals surface area contributed by atoms with Crippen LogP contribution in [0.2, 0.25) is 0 Å². The van der Waals surface area contributed by atoms with Gasteiger partial charge in [0.25, 0.3) is 0 Å². The fraction of sp³-hybridized carbons (Fsp3) is 0.364. The molecule has 0 heterocycles. The van der Waals surface area contributed by atoms with Crippen LogP contribution < -0.4 is 0 Å². The average Bonchev–Trinajstić information content (AvgIpc) is 2.24. The lowest BCUT2D eigenvalue weighted by atomic mass is 10.1. The fourth-order valence-electron chi connectivity index (χ4n) is 1.26. The number of benzene rings is 1. The number of ether oxygens (including phenoxy) is 1. The topological polar surface area (TPSA) is 26.3 Å². The molecule has 0 N–H and O–H groups in total. The van der Waals surface area contributed by atoms with Gasteiger partial charge in [-0.1, -0.05) is 0 Å². The second-order valence-electron chi connectivity index (χ2n) is 3.13. The molecule has 0 spiro atoms. The molecule has 0 aromatic heterocycles. The van der Waals surface area contributed by atoms with Crippen molar-refractivity contribution in [2.24, 2.45) is 0 Å². The highest BCUT2D eigenvalue weighted by Crippen LogP contribution is 2.17. The number of carbonyl (C=O) groups is 1. The number of carbonyl (C=O) groups excluding carboxylic acids is 1. The van der Waals surface area contributed by atoms with Crippen molar-refractivity contribution in [1.82, 2.24) is 0 Å². The smallest absolute Gasteiger partial charge is 0.306 e. The highest BCUT2D eigenvalue weighted by molar-refractivity contribution is 5.69. The van der Waals surface area contributed by atoms with E-state index >= 15 is 0 Å². The first kappa shape index (κ1) is 12.5. The Morgan fingerprint density at radius 2 is 1.88 bits per heavy atom. The highest BCUT2D eigenvalue weighted by atomic mass is 19.2. The maximum absolute atomic E-state index is 13.1.